The van der Waals surface area contributed by atoms with E-state index in [0.717, 1.165) is 56.1 Å². The lowest BCUT2D eigenvalue weighted by atomic mass is 9.97. The van der Waals surface area contributed by atoms with E-state index in [4.69, 9.17) is 19.2 Å². The van der Waals surface area contributed by atoms with Crippen LogP contribution in [0.5, 0.6) is 5.75 Å². The monoisotopic (exact) mass is 436 g/mol. The molecule has 5 rings (SSSR count). The van der Waals surface area contributed by atoms with Gasteiger partial charge in [0.2, 0.25) is 0 Å². The first kappa shape index (κ1) is 20.9. The lowest BCUT2D eigenvalue weighted by molar-refractivity contribution is 0.0846. The number of nitrogens with zero attached hydrogens (tertiary/aromatic N) is 3. The molecular formula is C24H28N4O4. The third-order valence-electron chi connectivity index (χ3n) is 6.11. The molecule has 1 unspecified atom stereocenters. The zero-order chi connectivity index (χ0) is 21.9. The maximum Gasteiger partial charge on any atom is 0.274 e. The van der Waals surface area contributed by atoms with E-state index >= 15 is 0 Å². The van der Waals surface area contributed by atoms with Crippen LogP contribution in [-0.4, -0.2) is 53.3 Å². The molecule has 0 aliphatic carbocycles. The van der Waals surface area contributed by atoms with Crippen molar-refractivity contribution in [3.05, 3.63) is 53.7 Å². The first-order valence-corrected chi connectivity index (χ1v) is 11.3. The van der Waals surface area contributed by atoms with E-state index in [1.54, 1.807) is 6.07 Å². The van der Waals surface area contributed by atoms with Gasteiger partial charge in [-0.15, -0.1) is 0 Å². The van der Waals surface area contributed by atoms with E-state index in [0.29, 0.717) is 36.3 Å². The quantitative estimate of drug-likeness (QED) is 0.633. The highest BCUT2D eigenvalue weighted by Crippen LogP contribution is 2.31. The molecule has 1 N–H and O–H groups in total. The summed E-state index contributed by atoms with van der Waals surface area (Å²) in [6.07, 6.45) is 6.78. The summed E-state index contributed by atoms with van der Waals surface area (Å²) in [6.45, 7) is 5.33. The Bertz CT molecular complexity index is 1100. The fourth-order valence-electron chi connectivity index (χ4n) is 4.35. The molecule has 32 heavy (non-hydrogen) atoms. The van der Waals surface area contributed by atoms with E-state index in [1.807, 2.05) is 41.9 Å². The van der Waals surface area contributed by atoms with Crippen LogP contribution in [0.1, 0.15) is 59.9 Å². The number of hydrogen-bond donors (Lipinski definition) is 1. The largest absolute Gasteiger partial charge is 0.491 e. The minimum atomic E-state index is -0.268. The van der Waals surface area contributed by atoms with Gasteiger partial charge in [0.05, 0.1) is 18.9 Å². The van der Waals surface area contributed by atoms with Crippen LogP contribution < -0.4 is 10.1 Å². The Labute approximate surface area is 186 Å². The van der Waals surface area contributed by atoms with Gasteiger partial charge in [-0.05, 0) is 38.3 Å². The van der Waals surface area contributed by atoms with Crippen LogP contribution in [0.25, 0.3) is 5.65 Å². The van der Waals surface area contributed by atoms with E-state index < -0.39 is 0 Å². The Morgan fingerprint density at radius 3 is 2.69 bits per heavy atom. The van der Waals surface area contributed by atoms with Gasteiger partial charge in [-0.3, -0.25) is 4.79 Å². The molecule has 0 saturated carbocycles. The zero-order valence-corrected chi connectivity index (χ0v) is 18.3. The van der Waals surface area contributed by atoms with Crippen LogP contribution in [0.15, 0.2) is 36.7 Å². The molecule has 2 fully saturated rings. The minimum Gasteiger partial charge on any atom is -0.491 e. The van der Waals surface area contributed by atoms with Gasteiger partial charge in [0.15, 0.2) is 0 Å². The first-order valence-electron chi connectivity index (χ1n) is 11.3. The second-order valence-corrected chi connectivity index (χ2v) is 8.26. The number of fused-ring (bicyclic) bond motifs is 1. The van der Waals surface area contributed by atoms with Gasteiger partial charge in [0.1, 0.15) is 22.8 Å². The van der Waals surface area contributed by atoms with Crippen LogP contribution in [0, 0.1) is 0 Å². The molecule has 2 aliphatic rings. The number of amides is 1. The summed E-state index contributed by atoms with van der Waals surface area (Å²) in [7, 11) is 0. The number of ether oxygens (including phenoxy) is 3. The fraction of sp³-hybridized carbons (Fsp3) is 0.458. The predicted molar refractivity (Wildman–Crippen MR) is 120 cm³/mol. The highest BCUT2D eigenvalue weighted by Gasteiger charge is 2.22. The van der Waals surface area contributed by atoms with Crippen molar-refractivity contribution in [3.8, 4) is 5.75 Å². The lowest BCUT2D eigenvalue weighted by Gasteiger charge is -2.19. The van der Waals surface area contributed by atoms with E-state index in [2.05, 4.69) is 10.3 Å². The Morgan fingerprint density at radius 2 is 1.91 bits per heavy atom. The minimum absolute atomic E-state index is 0.243. The van der Waals surface area contributed by atoms with Crippen molar-refractivity contribution < 1.29 is 19.0 Å². The summed E-state index contributed by atoms with van der Waals surface area (Å²) < 4.78 is 18.7. The van der Waals surface area contributed by atoms with Crippen molar-refractivity contribution in [3.63, 3.8) is 0 Å². The number of nitrogens with one attached hydrogen (secondary N) is 1. The summed E-state index contributed by atoms with van der Waals surface area (Å²) >= 11 is 0. The number of anilines is 1. The van der Waals surface area contributed by atoms with E-state index in [1.165, 1.54) is 0 Å². The molecular weight excluding hydrogens is 408 g/mol. The van der Waals surface area contributed by atoms with Gasteiger partial charge in [0, 0.05) is 55.8 Å². The number of pyridine rings is 2. The average Bonchev–Trinajstić information content (AvgIpc) is 3.50. The molecule has 2 aliphatic heterocycles. The molecule has 0 bridgehead atoms. The summed E-state index contributed by atoms with van der Waals surface area (Å²) in [5.41, 5.74) is 3.72. The zero-order valence-electron chi connectivity index (χ0n) is 18.3. The highest BCUT2D eigenvalue weighted by atomic mass is 16.5. The maximum absolute atomic E-state index is 13.0. The average molecular weight is 437 g/mol. The van der Waals surface area contributed by atoms with Crippen LogP contribution in [0.4, 0.5) is 5.69 Å². The molecule has 5 heterocycles. The molecule has 3 aromatic rings. The molecule has 0 radical (unpaired) electrons. The molecule has 1 atom stereocenters. The van der Waals surface area contributed by atoms with Gasteiger partial charge < -0.3 is 23.9 Å². The molecule has 0 aromatic carbocycles. The van der Waals surface area contributed by atoms with Gasteiger partial charge in [-0.2, -0.15) is 0 Å². The number of rotatable bonds is 6. The third-order valence-corrected chi connectivity index (χ3v) is 6.11. The number of hydrogen-bond acceptors (Lipinski definition) is 6. The Kier molecular flexibility index (Phi) is 6.05. The molecule has 0 spiro atoms. The lowest BCUT2D eigenvalue weighted by Crippen LogP contribution is -2.16. The van der Waals surface area contributed by atoms with Gasteiger partial charge in [-0.1, -0.05) is 6.07 Å². The van der Waals surface area contributed by atoms with Crippen molar-refractivity contribution in [1.82, 2.24) is 14.4 Å². The second kappa shape index (κ2) is 9.26. The van der Waals surface area contributed by atoms with Crippen molar-refractivity contribution >= 4 is 17.2 Å². The van der Waals surface area contributed by atoms with Gasteiger partial charge in [-0.25, -0.2) is 9.97 Å². The Balaban J connectivity index is 1.41. The molecule has 3 aromatic heterocycles. The molecule has 2 saturated heterocycles. The van der Waals surface area contributed by atoms with Crippen LogP contribution in [0.2, 0.25) is 0 Å². The molecule has 168 valence electrons. The van der Waals surface area contributed by atoms with Crippen LogP contribution >= 0.6 is 0 Å². The maximum atomic E-state index is 13.0. The molecule has 1 amide bonds. The topological polar surface area (TPSA) is 87.0 Å². The summed E-state index contributed by atoms with van der Waals surface area (Å²) in [4.78, 5) is 22.4. The normalized spacial score (nSPS) is 19.3. The predicted octanol–water partition coefficient (Wildman–Crippen LogP) is 3.78. The smallest absolute Gasteiger partial charge is 0.274 e. The molecule has 8 nitrogen and oxygen atoms in total. The first-order chi connectivity index (χ1) is 15.7. The van der Waals surface area contributed by atoms with Crippen LogP contribution in [0.3, 0.4) is 0 Å². The van der Waals surface area contributed by atoms with Crippen molar-refractivity contribution in [1.29, 1.82) is 0 Å². The number of carbonyl (C=O) groups excluding carboxylic acids is 1. The Morgan fingerprint density at radius 1 is 1.09 bits per heavy atom. The van der Waals surface area contributed by atoms with Gasteiger partial charge in [0.25, 0.3) is 5.91 Å². The van der Waals surface area contributed by atoms with Crippen molar-refractivity contribution in [2.75, 3.05) is 38.4 Å². The summed E-state index contributed by atoms with van der Waals surface area (Å²) in [6, 6.07) is 7.44. The van der Waals surface area contributed by atoms with Crippen molar-refractivity contribution in [2.24, 2.45) is 0 Å². The Hall–Kier alpha value is -2.97. The summed E-state index contributed by atoms with van der Waals surface area (Å²) in [5, 5.41) is 2.98. The number of carbonyl (C=O) groups is 1. The second-order valence-electron chi connectivity index (χ2n) is 8.26. The summed E-state index contributed by atoms with van der Waals surface area (Å²) in [5.74, 6) is 0.963. The van der Waals surface area contributed by atoms with E-state index in [9.17, 15) is 4.79 Å². The fourth-order valence-corrected chi connectivity index (χ4v) is 4.35. The number of imidazole rings is 1. The van der Waals surface area contributed by atoms with Crippen LogP contribution in [-0.2, 0) is 9.47 Å². The van der Waals surface area contributed by atoms with E-state index in [-0.39, 0.29) is 11.8 Å². The van der Waals surface area contributed by atoms with Gasteiger partial charge >= 0.3 is 0 Å². The standard InChI is InChI=1S/C24H28N4O4/c1-2-32-22-12-23-26-20(16-6-9-30-10-7-16)13-28(23)14-21(22)27-24(29)19-5-3-4-18(25-19)17-8-11-31-15-17/h3-5,12-14,16-17H,2,6-11,15H2,1H3,(H,27,29). The SMILES string of the molecule is CCOc1cc2nc(C3CCOCC3)cn2cc1NC(=O)c1cccc(C2CCOC2)n1. The van der Waals surface area contributed by atoms with Crippen molar-refractivity contribution in [2.45, 2.75) is 38.0 Å². The highest BCUT2D eigenvalue weighted by molar-refractivity contribution is 6.03. The number of aromatic nitrogens is 3. The molecule has 8 heteroatoms. The third kappa shape index (κ3) is 4.33.